The van der Waals surface area contributed by atoms with Crippen LogP contribution in [0.25, 0.3) is 11.1 Å². The van der Waals surface area contributed by atoms with E-state index in [1.54, 1.807) is 24.3 Å². The molecule has 0 unspecified atom stereocenters. The molecule has 0 radical (unpaired) electrons. The maximum absolute atomic E-state index is 12.8. The van der Waals surface area contributed by atoms with E-state index in [2.05, 4.69) is 14.8 Å². The van der Waals surface area contributed by atoms with Gasteiger partial charge in [0.25, 0.3) is 5.91 Å². The van der Waals surface area contributed by atoms with Crippen molar-refractivity contribution < 1.29 is 33.4 Å². The average Bonchev–Trinajstić information content (AvgIpc) is 2.82. The molecule has 8 nitrogen and oxygen atoms in total. The van der Waals surface area contributed by atoms with E-state index in [1.165, 1.54) is 6.92 Å². The number of esters is 3. The van der Waals surface area contributed by atoms with Crippen molar-refractivity contribution in [3.63, 3.8) is 0 Å². The van der Waals surface area contributed by atoms with Gasteiger partial charge in [0.1, 0.15) is 6.04 Å². The molecule has 1 amide bonds. The summed E-state index contributed by atoms with van der Waals surface area (Å²) in [5.74, 6) is -5.53. The summed E-state index contributed by atoms with van der Waals surface area (Å²) < 4.78 is 14.1. The first-order valence-corrected chi connectivity index (χ1v) is 9.53. The van der Waals surface area contributed by atoms with Gasteiger partial charge in [-0.3, -0.25) is 14.4 Å². The highest BCUT2D eigenvalue weighted by Gasteiger charge is 2.42. The zero-order valence-electron chi connectivity index (χ0n) is 17.8. The fourth-order valence-electron chi connectivity index (χ4n) is 3.17. The molecule has 8 heteroatoms. The van der Waals surface area contributed by atoms with E-state index in [0.717, 1.165) is 32.5 Å². The quantitative estimate of drug-likeness (QED) is 0.391. The van der Waals surface area contributed by atoms with Gasteiger partial charge in [0, 0.05) is 11.5 Å². The standard InChI is InChI=1S/C23H25NO7/c1-14(18(21(26)29-2)22(27)30-3)19(23(28)31-4)24-20(25)17-12-10-16(11-13-17)15-8-6-5-7-9-15/h5-14,18-19H,1-4H3,(H,24,25)/t14-,19+/m0/s1. The third kappa shape index (κ3) is 5.69. The normalized spacial score (nSPS) is 12.4. The molecule has 2 rings (SSSR count). The van der Waals surface area contributed by atoms with Crippen LogP contribution in [0.3, 0.4) is 0 Å². The molecule has 0 saturated heterocycles. The molecular formula is C23H25NO7. The van der Waals surface area contributed by atoms with Gasteiger partial charge in [-0.15, -0.1) is 0 Å². The first-order valence-electron chi connectivity index (χ1n) is 9.53. The topological polar surface area (TPSA) is 108 Å². The number of hydrogen-bond acceptors (Lipinski definition) is 7. The minimum absolute atomic E-state index is 0.300. The Hall–Kier alpha value is -3.68. The molecule has 1 N–H and O–H groups in total. The van der Waals surface area contributed by atoms with Crippen molar-refractivity contribution in [2.45, 2.75) is 13.0 Å². The zero-order chi connectivity index (χ0) is 23.0. The lowest BCUT2D eigenvalue weighted by atomic mass is 9.87. The van der Waals surface area contributed by atoms with Crippen LogP contribution in [0.2, 0.25) is 0 Å². The maximum Gasteiger partial charge on any atom is 0.328 e. The molecule has 0 aliphatic carbocycles. The van der Waals surface area contributed by atoms with Crippen LogP contribution < -0.4 is 5.32 Å². The van der Waals surface area contributed by atoms with E-state index >= 15 is 0 Å². The molecule has 0 aromatic heterocycles. The molecule has 0 saturated carbocycles. The summed E-state index contributed by atoms with van der Waals surface area (Å²) in [6, 6.07) is 15.2. The van der Waals surface area contributed by atoms with Crippen LogP contribution in [-0.2, 0) is 28.6 Å². The Bertz CT molecular complexity index is 909. The Morgan fingerprint density at radius 2 is 1.19 bits per heavy atom. The molecule has 2 aromatic carbocycles. The molecular weight excluding hydrogens is 402 g/mol. The van der Waals surface area contributed by atoms with E-state index in [-0.39, 0.29) is 0 Å². The molecule has 164 valence electrons. The van der Waals surface area contributed by atoms with Gasteiger partial charge in [0.15, 0.2) is 5.92 Å². The molecule has 2 aromatic rings. The van der Waals surface area contributed by atoms with Crippen LogP contribution in [-0.4, -0.2) is 51.2 Å². The second kappa shape index (κ2) is 10.9. The number of carbonyl (C=O) groups is 4. The van der Waals surface area contributed by atoms with Crippen LogP contribution in [0.1, 0.15) is 17.3 Å². The van der Waals surface area contributed by atoms with Crippen LogP contribution in [0.5, 0.6) is 0 Å². The number of nitrogens with one attached hydrogen (secondary N) is 1. The third-order valence-corrected chi connectivity index (χ3v) is 4.96. The second-order valence-corrected chi connectivity index (χ2v) is 6.80. The number of carbonyl (C=O) groups excluding carboxylic acids is 4. The summed E-state index contributed by atoms with van der Waals surface area (Å²) >= 11 is 0. The first kappa shape index (κ1) is 23.6. The van der Waals surface area contributed by atoms with E-state index in [9.17, 15) is 19.2 Å². The minimum Gasteiger partial charge on any atom is -0.468 e. The Balaban J connectivity index is 2.25. The highest BCUT2D eigenvalue weighted by molar-refractivity contribution is 5.99. The number of amides is 1. The smallest absolute Gasteiger partial charge is 0.328 e. The predicted molar refractivity (Wildman–Crippen MR) is 112 cm³/mol. The van der Waals surface area contributed by atoms with E-state index < -0.39 is 41.7 Å². The van der Waals surface area contributed by atoms with Crippen LogP contribution in [0.15, 0.2) is 54.6 Å². The molecule has 0 aliphatic rings. The zero-order valence-corrected chi connectivity index (χ0v) is 17.8. The van der Waals surface area contributed by atoms with Gasteiger partial charge >= 0.3 is 17.9 Å². The van der Waals surface area contributed by atoms with Gasteiger partial charge in [-0.05, 0) is 23.3 Å². The number of rotatable bonds is 8. The van der Waals surface area contributed by atoms with Crippen LogP contribution >= 0.6 is 0 Å². The van der Waals surface area contributed by atoms with Gasteiger partial charge in [0.05, 0.1) is 21.3 Å². The monoisotopic (exact) mass is 427 g/mol. The third-order valence-electron chi connectivity index (χ3n) is 4.96. The Morgan fingerprint density at radius 1 is 0.710 bits per heavy atom. The summed E-state index contributed by atoms with van der Waals surface area (Å²) in [5, 5.41) is 2.55. The van der Waals surface area contributed by atoms with Gasteiger partial charge in [-0.1, -0.05) is 49.4 Å². The molecule has 0 aliphatic heterocycles. The van der Waals surface area contributed by atoms with Crippen molar-refractivity contribution in [2.75, 3.05) is 21.3 Å². The average molecular weight is 427 g/mol. The van der Waals surface area contributed by atoms with Crippen LogP contribution in [0.4, 0.5) is 0 Å². The Labute approximate surface area is 180 Å². The summed E-state index contributed by atoms with van der Waals surface area (Å²) in [5.41, 5.74) is 2.22. The van der Waals surface area contributed by atoms with E-state index in [0.29, 0.717) is 5.56 Å². The van der Waals surface area contributed by atoms with Crippen molar-refractivity contribution in [2.24, 2.45) is 11.8 Å². The Morgan fingerprint density at radius 3 is 1.68 bits per heavy atom. The lowest BCUT2D eigenvalue weighted by molar-refractivity contribution is -0.162. The van der Waals surface area contributed by atoms with Crippen molar-refractivity contribution in [3.8, 4) is 11.1 Å². The number of hydrogen-bond donors (Lipinski definition) is 1. The summed E-state index contributed by atoms with van der Waals surface area (Å²) in [6.07, 6.45) is 0. The highest BCUT2D eigenvalue weighted by Crippen LogP contribution is 2.22. The predicted octanol–water partition coefficient (Wildman–Crippen LogP) is 2.22. The Kier molecular flexibility index (Phi) is 8.31. The van der Waals surface area contributed by atoms with E-state index in [4.69, 9.17) is 4.74 Å². The summed E-state index contributed by atoms with van der Waals surface area (Å²) in [4.78, 5) is 49.3. The molecule has 31 heavy (non-hydrogen) atoms. The number of ether oxygens (including phenoxy) is 3. The van der Waals surface area contributed by atoms with E-state index in [1.807, 2.05) is 30.3 Å². The summed E-state index contributed by atoms with van der Waals surface area (Å²) in [6.45, 7) is 1.46. The fourth-order valence-corrected chi connectivity index (χ4v) is 3.17. The lowest BCUT2D eigenvalue weighted by Gasteiger charge is -2.27. The molecule has 0 fully saturated rings. The highest BCUT2D eigenvalue weighted by atomic mass is 16.5. The first-order chi connectivity index (χ1) is 14.8. The van der Waals surface area contributed by atoms with Gasteiger partial charge < -0.3 is 19.5 Å². The van der Waals surface area contributed by atoms with Gasteiger partial charge in [-0.2, -0.15) is 0 Å². The van der Waals surface area contributed by atoms with Crippen molar-refractivity contribution in [3.05, 3.63) is 60.2 Å². The summed E-state index contributed by atoms with van der Waals surface area (Å²) in [7, 11) is 3.38. The molecule has 0 bridgehead atoms. The second-order valence-electron chi connectivity index (χ2n) is 6.80. The number of benzene rings is 2. The van der Waals surface area contributed by atoms with Gasteiger partial charge in [0.2, 0.25) is 0 Å². The number of methoxy groups -OCH3 is 3. The van der Waals surface area contributed by atoms with Crippen molar-refractivity contribution in [1.82, 2.24) is 5.32 Å². The fraction of sp³-hybridized carbons (Fsp3) is 0.304. The maximum atomic E-state index is 12.8. The molecule has 2 atom stereocenters. The molecule has 0 heterocycles. The molecule has 0 spiro atoms. The largest absolute Gasteiger partial charge is 0.468 e. The SMILES string of the molecule is COC(=O)C(C(=O)OC)[C@H](C)[C@@H](NC(=O)c1ccc(-c2ccccc2)cc1)C(=O)OC. The van der Waals surface area contributed by atoms with Crippen molar-refractivity contribution in [1.29, 1.82) is 0 Å². The van der Waals surface area contributed by atoms with Crippen LogP contribution in [0, 0.1) is 11.8 Å². The van der Waals surface area contributed by atoms with Gasteiger partial charge in [-0.25, -0.2) is 4.79 Å². The van der Waals surface area contributed by atoms with Crippen molar-refractivity contribution >= 4 is 23.8 Å². The minimum atomic E-state index is -1.42. The lowest BCUT2D eigenvalue weighted by Crippen LogP contribution is -2.51.